The van der Waals surface area contributed by atoms with Crippen LogP contribution in [0.3, 0.4) is 0 Å². The van der Waals surface area contributed by atoms with E-state index in [-0.39, 0.29) is 11.9 Å². The lowest BCUT2D eigenvalue weighted by molar-refractivity contribution is 0.00446. The molecule has 1 atom stereocenters. The van der Waals surface area contributed by atoms with Crippen molar-refractivity contribution in [3.63, 3.8) is 0 Å². The van der Waals surface area contributed by atoms with Gasteiger partial charge in [-0.15, -0.1) is 0 Å². The van der Waals surface area contributed by atoms with Crippen molar-refractivity contribution in [2.75, 3.05) is 26.2 Å². The third kappa shape index (κ3) is 3.29. The van der Waals surface area contributed by atoms with E-state index >= 15 is 0 Å². The van der Waals surface area contributed by atoms with Crippen LogP contribution in [-0.4, -0.2) is 45.1 Å². The molecule has 1 heterocycles. The Morgan fingerprint density at radius 3 is 2.72 bits per heavy atom. The van der Waals surface area contributed by atoms with Gasteiger partial charge in [0.25, 0.3) is 0 Å². The number of nitrogens with zero attached hydrogens (tertiary/aromatic N) is 1. The van der Waals surface area contributed by atoms with Crippen LogP contribution in [0.2, 0.25) is 0 Å². The predicted octanol–water partition coefficient (Wildman–Crippen LogP) is 0.176. The van der Waals surface area contributed by atoms with E-state index in [2.05, 4.69) is 0 Å². The number of ether oxygens (including phenoxy) is 1. The number of hydrogen-bond acceptors (Lipinski definition) is 4. The first-order chi connectivity index (χ1) is 8.62. The van der Waals surface area contributed by atoms with Gasteiger partial charge in [0.05, 0.1) is 18.5 Å². The highest BCUT2D eigenvalue weighted by Gasteiger charge is 2.28. The number of hydrogen-bond donors (Lipinski definition) is 1. The van der Waals surface area contributed by atoms with Crippen LogP contribution in [0.1, 0.15) is 5.56 Å². The van der Waals surface area contributed by atoms with Gasteiger partial charge >= 0.3 is 0 Å². The van der Waals surface area contributed by atoms with Crippen LogP contribution in [0, 0.1) is 0 Å². The second-order valence-electron chi connectivity index (χ2n) is 4.33. The quantitative estimate of drug-likeness (QED) is 0.847. The monoisotopic (exact) mass is 270 g/mol. The molecule has 1 saturated heterocycles. The summed E-state index contributed by atoms with van der Waals surface area (Å²) >= 11 is 0. The highest BCUT2D eigenvalue weighted by atomic mass is 32.2. The van der Waals surface area contributed by atoms with Crippen LogP contribution >= 0.6 is 0 Å². The van der Waals surface area contributed by atoms with Crippen molar-refractivity contribution in [3.8, 4) is 0 Å². The fourth-order valence-corrected chi connectivity index (χ4v) is 3.51. The van der Waals surface area contributed by atoms with Gasteiger partial charge in [-0.2, -0.15) is 4.31 Å². The maximum Gasteiger partial charge on any atom is 0.218 e. The van der Waals surface area contributed by atoms with Crippen LogP contribution in [0.5, 0.6) is 0 Å². The van der Waals surface area contributed by atoms with Crippen molar-refractivity contribution in [2.24, 2.45) is 5.73 Å². The van der Waals surface area contributed by atoms with Gasteiger partial charge in [-0.25, -0.2) is 8.42 Å². The topological polar surface area (TPSA) is 72.6 Å². The number of morpholine rings is 1. The van der Waals surface area contributed by atoms with Gasteiger partial charge in [-0.05, 0) is 5.56 Å². The zero-order chi connectivity index (χ0) is 13.0. The van der Waals surface area contributed by atoms with E-state index < -0.39 is 10.0 Å². The molecule has 18 heavy (non-hydrogen) atoms. The summed E-state index contributed by atoms with van der Waals surface area (Å²) in [6.07, 6.45) is -0.190. The van der Waals surface area contributed by atoms with E-state index in [0.29, 0.717) is 26.2 Å². The lowest BCUT2D eigenvalue weighted by Gasteiger charge is -2.31. The van der Waals surface area contributed by atoms with E-state index in [4.69, 9.17) is 10.5 Å². The standard InChI is InChI=1S/C12H18N2O3S/c13-8-12-9-14(6-7-17-12)18(15,16)10-11-4-2-1-3-5-11/h1-5,12H,6-10,13H2. The molecule has 5 nitrogen and oxygen atoms in total. The molecule has 2 rings (SSSR count). The van der Waals surface area contributed by atoms with Gasteiger partial charge in [-0.3, -0.25) is 0 Å². The van der Waals surface area contributed by atoms with Crippen molar-refractivity contribution in [3.05, 3.63) is 35.9 Å². The third-order valence-corrected chi connectivity index (χ3v) is 4.77. The molecule has 2 N–H and O–H groups in total. The summed E-state index contributed by atoms with van der Waals surface area (Å²) in [4.78, 5) is 0. The van der Waals surface area contributed by atoms with Crippen LogP contribution in [-0.2, 0) is 20.5 Å². The molecule has 1 aliphatic rings. The molecule has 1 aromatic carbocycles. The van der Waals surface area contributed by atoms with Crippen molar-refractivity contribution in [1.82, 2.24) is 4.31 Å². The lowest BCUT2D eigenvalue weighted by Crippen LogP contribution is -2.48. The van der Waals surface area contributed by atoms with Gasteiger partial charge in [0.2, 0.25) is 10.0 Å². The Labute approximate surface area is 108 Å². The first kappa shape index (κ1) is 13.5. The molecule has 0 aromatic heterocycles. The zero-order valence-corrected chi connectivity index (χ0v) is 11.0. The summed E-state index contributed by atoms with van der Waals surface area (Å²) in [7, 11) is -3.28. The third-order valence-electron chi connectivity index (χ3n) is 2.95. The molecular weight excluding hydrogens is 252 g/mol. The van der Waals surface area contributed by atoms with Gasteiger partial charge < -0.3 is 10.5 Å². The van der Waals surface area contributed by atoms with Gasteiger partial charge in [-0.1, -0.05) is 30.3 Å². The molecule has 0 radical (unpaired) electrons. The summed E-state index contributed by atoms with van der Waals surface area (Å²) < 4.78 is 31.3. The number of benzene rings is 1. The minimum atomic E-state index is -3.28. The molecule has 0 saturated carbocycles. The predicted molar refractivity (Wildman–Crippen MR) is 69.4 cm³/mol. The average molecular weight is 270 g/mol. The van der Waals surface area contributed by atoms with E-state index in [1.54, 1.807) is 0 Å². The minimum Gasteiger partial charge on any atom is -0.374 e. The molecule has 100 valence electrons. The van der Waals surface area contributed by atoms with E-state index in [9.17, 15) is 8.42 Å². The van der Waals surface area contributed by atoms with Crippen molar-refractivity contribution in [2.45, 2.75) is 11.9 Å². The van der Waals surface area contributed by atoms with Gasteiger partial charge in [0.15, 0.2) is 0 Å². The fourth-order valence-electron chi connectivity index (χ4n) is 1.96. The van der Waals surface area contributed by atoms with Crippen LogP contribution in [0.15, 0.2) is 30.3 Å². The summed E-state index contributed by atoms with van der Waals surface area (Å²) in [5.74, 6) is 0.0329. The maximum atomic E-state index is 12.2. The smallest absolute Gasteiger partial charge is 0.218 e. The summed E-state index contributed by atoms with van der Waals surface area (Å²) in [5, 5.41) is 0. The first-order valence-electron chi connectivity index (χ1n) is 5.95. The minimum absolute atomic E-state index is 0.0329. The van der Waals surface area contributed by atoms with Gasteiger partial charge in [0.1, 0.15) is 0 Å². The lowest BCUT2D eigenvalue weighted by atomic mass is 10.2. The summed E-state index contributed by atoms with van der Waals surface area (Å²) in [5.41, 5.74) is 6.31. The molecular formula is C12H18N2O3S. The molecule has 1 unspecified atom stereocenters. The highest BCUT2D eigenvalue weighted by molar-refractivity contribution is 7.88. The molecule has 1 aromatic rings. The summed E-state index contributed by atoms with van der Waals surface area (Å²) in [6, 6.07) is 9.19. The SMILES string of the molecule is NCC1CN(S(=O)(=O)Cc2ccccc2)CCO1. The number of nitrogens with two attached hydrogens (primary N) is 1. The Hall–Kier alpha value is -0.950. The molecule has 0 aliphatic carbocycles. The molecule has 0 amide bonds. The maximum absolute atomic E-state index is 12.2. The number of sulfonamides is 1. The highest BCUT2D eigenvalue weighted by Crippen LogP contribution is 2.14. The van der Waals surface area contributed by atoms with Crippen molar-refractivity contribution < 1.29 is 13.2 Å². The van der Waals surface area contributed by atoms with Crippen LogP contribution in [0.25, 0.3) is 0 Å². The zero-order valence-electron chi connectivity index (χ0n) is 10.2. The molecule has 1 fully saturated rings. The van der Waals surface area contributed by atoms with E-state index in [1.807, 2.05) is 30.3 Å². The normalized spacial score (nSPS) is 21.9. The Bertz CT molecular complexity index is 475. The Balaban J connectivity index is 2.06. The largest absolute Gasteiger partial charge is 0.374 e. The second-order valence-corrected chi connectivity index (χ2v) is 6.30. The second kappa shape index (κ2) is 5.79. The van der Waals surface area contributed by atoms with Crippen LogP contribution < -0.4 is 5.73 Å². The fraction of sp³-hybridized carbons (Fsp3) is 0.500. The van der Waals surface area contributed by atoms with E-state index in [1.165, 1.54) is 4.31 Å². The average Bonchev–Trinajstić information content (AvgIpc) is 2.39. The van der Waals surface area contributed by atoms with Crippen LogP contribution in [0.4, 0.5) is 0 Å². The number of rotatable bonds is 4. The molecule has 1 aliphatic heterocycles. The van der Waals surface area contributed by atoms with Gasteiger partial charge in [0, 0.05) is 19.6 Å². The molecule has 6 heteroatoms. The first-order valence-corrected chi connectivity index (χ1v) is 7.56. The van der Waals surface area contributed by atoms with Crippen molar-refractivity contribution >= 4 is 10.0 Å². The Kier molecular flexibility index (Phi) is 4.34. The Morgan fingerprint density at radius 2 is 2.06 bits per heavy atom. The Morgan fingerprint density at radius 1 is 1.33 bits per heavy atom. The molecule has 0 bridgehead atoms. The van der Waals surface area contributed by atoms with E-state index in [0.717, 1.165) is 5.56 Å². The summed E-state index contributed by atoms with van der Waals surface area (Å²) in [6.45, 7) is 1.52. The molecule has 0 spiro atoms. The van der Waals surface area contributed by atoms with Crippen molar-refractivity contribution in [1.29, 1.82) is 0 Å².